The van der Waals surface area contributed by atoms with Crippen molar-refractivity contribution in [3.8, 4) is 5.75 Å². The molecule has 3 aromatic carbocycles. The van der Waals surface area contributed by atoms with Crippen LogP contribution in [0.2, 0.25) is 0 Å². The molecule has 7 rings (SSSR count). The number of imide groups is 1. The number of benzene rings is 3. The molecule has 232 valence electrons. The summed E-state index contributed by atoms with van der Waals surface area (Å²) in [7, 11) is 0. The number of likely N-dealkylation sites (tertiary alicyclic amines) is 1. The lowest BCUT2D eigenvalue weighted by Gasteiger charge is -2.55. The molecule has 6 atom stereocenters. The third kappa shape index (κ3) is 4.38. The zero-order chi connectivity index (χ0) is 32.2. The number of aliphatic carboxylic acids is 1. The molecule has 3 aliphatic carbocycles. The van der Waals surface area contributed by atoms with E-state index >= 15 is 0 Å². The highest BCUT2D eigenvalue weighted by Crippen LogP contribution is 2.64. The maximum absolute atomic E-state index is 14.9. The largest absolute Gasteiger partial charge is 0.508 e. The van der Waals surface area contributed by atoms with Gasteiger partial charge in [-0.1, -0.05) is 90.5 Å². The van der Waals surface area contributed by atoms with Crippen LogP contribution >= 0.6 is 0 Å². The molecule has 3 aromatic rings. The lowest BCUT2D eigenvalue weighted by atomic mass is 9.44. The molecule has 1 heterocycles. The van der Waals surface area contributed by atoms with Crippen LogP contribution in [0.5, 0.6) is 5.75 Å². The van der Waals surface area contributed by atoms with Crippen LogP contribution in [-0.4, -0.2) is 51.0 Å². The van der Waals surface area contributed by atoms with E-state index in [4.69, 9.17) is 5.11 Å². The molecule has 46 heavy (non-hydrogen) atoms. The lowest BCUT2D eigenvalue weighted by Crippen LogP contribution is -2.58. The number of fused-ring (bicyclic) bond motifs is 4. The van der Waals surface area contributed by atoms with Gasteiger partial charge in [0.05, 0.1) is 17.3 Å². The van der Waals surface area contributed by atoms with Gasteiger partial charge in [-0.15, -0.1) is 0 Å². The summed E-state index contributed by atoms with van der Waals surface area (Å²) in [5, 5.41) is 20.5. The zero-order valence-corrected chi connectivity index (χ0v) is 25.0. The quantitative estimate of drug-likeness (QED) is 0.280. The van der Waals surface area contributed by atoms with Crippen LogP contribution in [0.1, 0.15) is 48.3 Å². The van der Waals surface area contributed by atoms with Gasteiger partial charge >= 0.3 is 5.97 Å². The van der Waals surface area contributed by atoms with Crippen molar-refractivity contribution in [2.45, 2.75) is 37.0 Å². The number of para-hydroxylation sites is 1. The Kier molecular flexibility index (Phi) is 7.31. The van der Waals surface area contributed by atoms with Crippen LogP contribution in [0.3, 0.4) is 0 Å². The van der Waals surface area contributed by atoms with Gasteiger partial charge in [0.1, 0.15) is 5.75 Å². The Bertz CT molecular complexity index is 1830. The predicted octanol–water partition coefficient (Wildman–Crippen LogP) is 5.08. The molecule has 4 aliphatic rings. The number of hydrogen-bond acceptors (Lipinski definition) is 6. The van der Waals surface area contributed by atoms with E-state index in [0.29, 0.717) is 22.3 Å². The van der Waals surface area contributed by atoms with Crippen molar-refractivity contribution in [3.05, 3.63) is 119 Å². The first-order chi connectivity index (χ1) is 22.2. The van der Waals surface area contributed by atoms with Crippen molar-refractivity contribution in [1.82, 2.24) is 4.90 Å². The Morgan fingerprint density at radius 1 is 0.848 bits per heavy atom. The van der Waals surface area contributed by atoms with Gasteiger partial charge in [0, 0.05) is 35.9 Å². The summed E-state index contributed by atoms with van der Waals surface area (Å²) in [6.07, 6.45) is 3.82. The van der Waals surface area contributed by atoms with Crippen molar-refractivity contribution < 1.29 is 34.2 Å². The third-order valence-corrected chi connectivity index (χ3v) is 10.5. The maximum Gasteiger partial charge on any atom is 0.303 e. The number of nitrogens with zero attached hydrogens (tertiary/aromatic N) is 1. The molecule has 0 bridgehead atoms. The number of aromatic hydroxyl groups is 1. The number of rotatable bonds is 7. The Hall–Kier alpha value is -5.11. The number of hydrogen-bond donors (Lipinski definition) is 2. The number of carbonyl (C=O) groups is 5. The first-order valence-corrected chi connectivity index (χ1v) is 15.7. The van der Waals surface area contributed by atoms with Crippen molar-refractivity contribution in [2.75, 3.05) is 6.54 Å². The van der Waals surface area contributed by atoms with Crippen molar-refractivity contribution in [2.24, 2.45) is 23.7 Å². The summed E-state index contributed by atoms with van der Waals surface area (Å²) in [5.74, 6) is -5.80. The van der Waals surface area contributed by atoms with E-state index in [1.165, 1.54) is 11.0 Å². The number of carbonyl (C=O) groups excluding carboxylic acids is 4. The first kappa shape index (κ1) is 29.6. The highest BCUT2D eigenvalue weighted by atomic mass is 16.4. The summed E-state index contributed by atoms with van der Waals surface area (Å²) in [6, 6.07) is 25.1. The number of phenolic OH excluding ortho intramolecular Hbond substituents is 1. The van der Waals surface area contributed by atoms with Gasteiger partial charge in [-0.05, 0) is 48.4 Å². The molecule has 8 nitrogen and oxygen atoms in total. The van der Waals surface area contributed by atoms with Crippen LogP contribution in [0.4, 0.5) is 0 Å². The molecule has 0 radical (unpaired) electrons. The standard InChI is InChI=1S/C38H33NO7/c40-30-15-8-7-14-25(30)34-24-17-18-26-33(37(46)39(36(26)45)19-9-16-32(42)43)28(24)20-29-35(44)27(22-10-3-1-4-11-22)21-31(41)38(29,34)23-12-5-2-6-13-23/h1-8,10-15,17,21,26,28-29,33-34,40H,9,16,18-20H2,(H,42,43)/t26-,28+,29-,33-,34+,38-/m0/s1. The number of ketones is 2. The van der Waals surface area contributed by atoms with Gasteiger partial charge in [0.25, 0.3) is 0 Å². The van der Waals surface area contributed by atoms with Gasteiger partial charge in [-0.2, -0.15) is 0 Å². The molecule has 0 aromatic heterocycles. The average Bonchev–Trinajstić information content (AvgIpc) is 3.31. The van der Waals surface area contributed by atoms with E-state index in [0.717, 1.165) is 5.57 Å². The van der Waals surface area contributed by atoms with Crippen molar-refractivity contribution in [1.29, 1.82) is 0 Å². The Balaban J connectivity index is 1.43. The van der Waals surface area contributed by atoms with Crippen molar-refractivity contribution >= 4 is 34.9 Å². The second-order valence-electron chi connectivity index (χ2n) is 12.7. The molecule has 0 unspecified atom stereocenters. The van der Waals surface area contributed by atoms with E-state index in [-0.39, 0.29) is 61.4 Å². The fourth-order valence-electron chi connectivity index (χ4n) is 8.62. The van der Waals surface area contributed by atoms with Crippen LogP contribution in [0, 0.1) is 23.7 Å². The summed E-state index contributed by atoms with van der Waals surface area (Å²) in [6.45, 7) is 0.0115. The van der Waals surface area contributed by atoms with E-state index < -0.39 is 41.0 Å². The van der Waals surface area contributed by atoms with Gasteiger partial charge in [-0.25, -0.2) is 0 Å². The second-order valence-corrected chi connectivity index (χ2v) is 12.7. The minimum absolute atomic E-state index is 0.0115. The van der Waals surface area contributed by atoms with Crippen molar-refractivity contribution in [3.63, 3.8) is 0 Å². The topological polar surface area (TPSA) is 129 Å². The number of Topliss-reactive ketones (excluding diaryl/α,β-unsaturated/α-hetero) is 1. The van der Waals surface area contributed by atoms with Gasteiger partial charge in [-0.3, -0.25) is 28.9 Å². The second kappa shape index (κ2) is 11.4. The van der Waals surface area contributed by atoms with Crippen LogP contribution in [0.25, 0.3) is 5.57 Å². The van der Waals surface area contributed by atoms with Crippen LogP contribution in [0.15, 0.2) is 103 Å². The minimum Gasteiger partial charge on any atom is -0.508 e. The molecular weight excluding hydrogens is 582 g/mol. The first-order valence-electron chi connectivity index (χ1n) is 15.7. The predicted molar refractivity (Wildman–Crippen MR) is 168 cm³/mol. The van der Waals surface area contributed by atoms with Gasteiger partial charge < -0.3 is 10.2 Å². The van der Waals surface area contributed by atoms with E-state index in [9.17, 15) is 29.1 Å². The summed E-state index contributed by atoms with van der Waals surface area (Å²) in [4.78, 5) is 69.7. The zero-order valence-electron chi connectivity index (χ0n) is 25.0. The maximum atomic E-state index is 14.9. The molecule has 2 amide bonds. The number of carboxylic acids is 1. The van der Waals surface area contributed by atoms with E-state index in [1.807, 2.05) is 54.6 Å². The third-order valence-electron chi connectivity index (χ3n) is 10.5. The lowest BCUT2D eigenvalue weighted by molar-refractivity contribution is -0.142. The Morgan fingerprint density at radius 2 is 1.52 bits per heavy atom. The summed E-state index contributed by atoms with van der Waals surface area (Å²) >= 11 is 0. The number of phenols is 1. The number of carboxylic acid groups (broad SMARTS) is 1. The minimum atomic E-state index is -1.41. The van der Waals surface area contributed by atoms with Crippen LogP contribution in [-0.2, 0) is 29.4 Å². The number of allylic oxidation sites excluding steroid dienone is 4. The summed E-state index contributed by atoms with van der Waals surface area (Å²) in [5.41, 5.74) is 1.44. The summed E-state index contributed by atoms with van der Waals surface area (Å²) < 4.78 is 0. The highest BCUT2D eigenvalue weighted by Gasteiger charge is 2.66. The molecule has 2 N–H and O–H groups in total. The Morgan fingerprint density at radius 3 is 2.22 bits per heavy atom. The fraction of sp³-hybridized carbons (Fsp3) is 0.289. The fourth-order valence-corrected chi connectivity index (χ4v) is 8.62. The van der Waals surface area contributed by atoms with Crippen LogP contribution < -0.4 is 0 Å². The Labute approximate surface area is 266 Å². The molecule has 1 saturated heterocycles. The molecule has 0 spiro atoms. The average molecular weight is 616 g/mol. The molecule has 2 fully saturated rings. The smallest absolute Gasteiger partial charge is 0.303 e. The highest BCUT2D eigenvalue weighted by molar-refractivity contribution is 6.31. The van der Waals surface area contributed by atoms with Gasteiger partial charge in [0.15, 0.2) is 11.6 Å². The van der Waals surface area contributed by atoms with Gasteiger partial charge in [0.2, 0.25) is 11.8 Å². The SMILES string of the molecule is O=C(O)CCCN1C(=O)[C@H]2[C@H](CC=C3[C@H]2C[C@H]2C(=O)C(c4ccccc4)=CC(=O)[C@@]2(c2ccccc2)[C@H]3c2ccccc2O)C1=O. The molecule has 8 heteroatoms. The monoisotopic (exact) mass is 615 g/mol. The van der Waals surface area contributed by atoms with E-state index in [2.05, 4.69) is 0 Å². The molecule has 1 aliphatic heterocycles. The molecule has 1 saturated carbocycles. The normalized spacial score (nSPS) is 28.6. The number of amides is 2. The molecular formula is C38H33NO7. The van der Waals surface area contributed by atoms with E-state index in [1.54, 1.807) is 36.4 Å².